The van der Waals surface area contributed by atoms with Gasteiger partial charge in [-0.2, -0.15) is 0 Å². The average molecular weight is 494 g/mol. The molecule has 1 heterocycles. The Kier molecular flexibility index (Phi) is 7.34. The molecule has 36 heavy (non-hydrogen) atoms. The van der Waals surface area contributed by atoms with Crippen LogP contribution in [0.5, 0.6) is 0 Å². The van der Waals surface area contributed by atoms with E-state index in [4.69, 9.17) is 9.47 Å². The van der Waals surface area contributed by atoms with E-state index in [-0.39, 0.29) is 19.1 Å². The maximum absolute atomic E-state index is 12.3. The number of ether oxygens (including phenoxy) is 2. The highest BCUT2D eigenvalue weighted by atomic mass is 16.7. The molecule has 4 aromatic rings. The summed E-state index contributed by atoms with van der Waals surface area (Å²) >= 11 is 0. The Morgan fingerprint density at radius 1 is 0.889 bits per heavy atom. The number of hydrogen-bond donors (Lipinski definition) is 5. The van der Waals surface area contributed by atoms with Crippen molar-refractivity contribution in [2.75, 3.05) is 19.8 Å². The van der Waals surface area contributed by atoms with E-state index in [1.807, 2.05) is 0 Å². The first kappa shape index (κ1) is 24.8. The third-order valence-electron chi connectivity index (χ3n) is 7.02. The molecule has 5 atom stereocenters. The third-order valence-corrected chi connectivity index (χ3v) is 7.02. The molecule has 5 N–H and O–H groups in total. The van der Waals surface area contributed by atoms with Crippen LogP contribution in [0.2, 0.25) is 0 Å². The largest absolute Gasteiger partial charge is 0.394 e. The van der Waals surface area contributed by atoms with Crippen molar-refractivity contribution in [3.05, 3.63) is 60.2 Å². The molecule has 0 spiro atoms. The van der Waals surface area contributed by atoms with Gasteiger partial charge in [0.2, 0.25) is 5.91 Å². The number of rotatable bonds is 9. The van der Waals surface area contributed by atoms with Gasteiger partial charge in [0.05, 0.1) is 13.2 Å². The third kappa shape index (κ3) is 4.76. The predicted molar refractivity (Wildman–Crippen MR) is 136 cm³/mol. The molecule has 0 aliphatic carbocycles. The standard InChI is InChI=1S/C28H31NO7/c30-15-21-25(32)26(33)27(34)28(36-21)35-14-13-29-22(31)6-2-3-16-7-8-19-10-9-17-4-1-5-18-11-12-20(16)24(19)23(17)18/h1,4-5,7-12,21,25-28,30,32-34H,2-3,6,13-15H2,(H,29,31)/t21-,25+,26+,27-,28-/m1/s1. The molecule has 4 aromatic carbocycles. The first-order valence-electron chi connectivity index (χ1n) is 12.3. The first-order valence-corrected chi connectivity index (χ1v) is 12.3. The molecule has 8 nitrogen and oxygen atoms in total. The molecule has 190 valence electrons. The molecule has 0 radical (unpaired) electrons. The van der Waals surface area contributed by atoms with Gasteiger partial charge in [0, 0.05) is 13.0 Å². The second kappa shape index (κ2) is 10.6. The van der Waals surface area contributed by atoms with E-state index in [9.17, 15) is 25.2 Å². The molecule has 1 aliphatic heterocycles. The van der Waals surface area contributed by atoms with Gasteiger partial charge in [0.25, 0.3) is 0 Å². The molecule has 0 saturated carbocycles. The molecule has 8 heteroatoms. The molecule has 0 aromatic heterocycles. The summed E-state index contributed by atoms with van der Waals surface area (Å²) in [6.07, 6.45) is -4.76. The molecule has 1 fully saturated rings. The first-order chi connectivity index (χ1) is 17.5. The Hall–Kier alpha value is -2.85. The van der Waals surface area contributed by atoms with Gasteiger partial charge >= 0.3 is 0 Å². The zero-order chi connectivity index (χ0) is 25.2. The van der Waals surface area contributed by atoms with Crippen LogP contribution < -0.4 is 5.32 Å². The summed E-state index contributed by atoms with van der Waals surface area (Å²) in [5, 5.41) is 49.1. The van der Waals surface area contributed by atoms with Crippen molar-refractivity contribution in [1.29, 1.82) is 0 Å². The number of hydrogen-bond acceptors (Lipinski definition) is 7. The van der Waals surface area contributed by atoms with Crippen LogP contribution in [0.25, 0.3) is 32.3 Å². The number of amides is 1. The maximum atomic E-state index is 12.3. The van der Waals surface area contributed by atoms with E-state index in [0.29, 0.717) is 12.8 Å². The molecule has 0 bridgehead atoms. The van der Waals surface area contributed by atoms with E-state index in [0.717, 1.165) is 6.42 Å². The summed E-state index contributed by atoms with van der Waals surface area (Å²) in [6.45, 7) is -0.274. The molecular formula is C28H31NO7. The van der Waals surface area contributed by atoms with Gasteiger partial charge in [0.1, 0.15) is 24.4 Å². The van der Waals surface area contributed by atoms with Crippen molar-refractivity contribution in [2.45, 2.75) is 50.0 Å². The van der Waals surface area contributed by atoms with Crippen molar-refractivity contribution in [2.24, 2.45) is 0 Å². The minimum Gasteiger partial charge on any atom is -0.394 e. The zero-order valence-corrected chi connectivity index (χ0v) is 19.8. The van der Waals surface area contributed by atoms with Crippen LogP contribution in [0.1, 0.15) is 18.4 Å². The second-order valence-electron chi connectivity index (χ2n) is 9.35. The maximum Gasteiger partial charge on any atom is 0.220 e. The normalized spacial score (nSPS) is 24.6. The van der Waals surface area contributed by atoms with Crippen LogP contribution in [-0.2, 0) is 20.7 Å². The smallest absolute Gasteiger partial charge is 0.220 e. The lowest BCUT2D eigenvalue weighted by molar-refractivity contribution is -0.300. The van der Waals surface area contributed by atoms with Crippen LogP contribution in [0.4, 0.5) is 0 Å². The number of aliphatic hydroxyl groups is 4. The van der Waals surface area contributed by atoms with Crippen LogP contribution in [0, 0.1) is 0 Å². The number of carbonyl (C=O) groups is 1. The fourth-order valence-electron chi connectivity index (χ4n) is 5.11. The average Bonchev–Trinajstić information content (AvgIpc) is 2.90. The summed E-state index contributed by atoms with van der Waals surface area (Å²) in [7, 11) is 0. The Morgan fingerprint density at radius 3 is 2.33 bits per heavy atom. The molecule has 1 aliphatic rings. The highest BCUT2D eigenvalue weighted by molar-refractivity contribution is 6.23. The van der Waals surface area contributed by atoms with Crippen molar-refractivity contribution in [1.82, 2.24) is 5.32 Å². The number of aryl methyl sites for hydroxylation is 1. The fourth-order valence-corrected chi connectivity index (χ4v) is 5.11. The summed E-state index contributed by atoms with van der Waals surface area (Å²) in [4.78, 5) is 12.3. The van der Waals surface area contributed by atoms with Crippen molar-refractivity contribution >= 4 is 38.2 Å². The highest BCUT2D eigenvalue weighted by Gasteiger charge is 2.43. The van der Waals surface area contributed by atoms with Crippen molar-refractivity contribution in [3.8, 4) is 0 Å². The summed E-state index contributed by atoms with van der Waals surface area (Å²) < 4.78 is 10.7. The highest BCUT2D eigenvalue weighted by Crippen LogP contribution is 2.36. The summed E-state index contributed by atoms with van der Waals surface area (Å²) in [5.74, 6) is -0.106. The minimum absolute atomic E-state index is 0.0451. The lowest BCUT2D eigenvalue weighted by Crippen LogP contribution is -2.59. The van der Waals surface area contributed by atoms with Crippen LogP contribution in [-0.4, -0.2) is 76.8 Å². The SMILES string of the molecule is O=C(CCCc1ccc2ccc3cccc4ccc1c2c34)NCCO[C@@H]1O[C@H](CO)[C@H](O)[C@H](O)[C@H]1O. The van der Waals surface area contributed by atoms with E-state index in [1.165, 1.54) is 37.9 Å². The van der Waals surface area contributed by atoms with Crippen molar-refractivity contribution in [3.63, 3.8) is 0 Å². The quantitative estimate of drug-likeness (QED) is 0.178. The van der Waals surface area contributed by atoms with Gasteiger partial charge < -0.3 is 35.2 Å². The molecule has 1 amide bonds. The van der Waals surface area contributed by atoms with Gasteiger partial charge in [-0.25, -0.2) is 0 Å². The summed E-state index contributed by atoms with van der Waals surface area (Å²) in [6, 6.07) is 19.3. The Balaban J connectivity index is 1.12. The van der Waals surface area contributed by atoms with Gasteiger partial charge in [-0.3, -0.25) is 4.79 Å². The zero-order valence-electron chi connectivity index (χ0n) is 19.8. The number of nitrogens with one attached hydrogen (secondary N) is 1. The Morgan fingerprint density at radius 2 is 1.58 bits per heavy atom. The van der Waals surface area contributed by atoms with Gasteiger partial charge in [-0.05, 0) is 50.7 Å². The van der Waals surface area contributed by atoms with Gasteiger partial charge in [-0.1, -0.05) is 54.6 Å². The monoisotopic (exact) mass is 493 g/mol. The summed E-state index contributed by atoms with van der Waals surface area (Å²) in [5.41, 5.74) is 1.22. The van der Waals surface area contributed by atoms with E-state index in [1.54, 1.807) is 0 Å². The molecular weight excluding hydrogens is 462 g/mol. The topological polar surface area (TPSA) is 128 Å². The molecule has 5 rings (SSSR count). The van der Waals surface area contributed by atoms with E-state index >= 15 is 0 Å². The van der Waals surface area contributed by atoms with E-state index < -0.39 is 37.3 Å². The van der Waals surface area contributed by atoms with Crippen LogP contribution >= 0.6 is 0 Å². The van der Waals surface area contributed by atoms with Crippen LogP contribution in [0.15, 0.2) is 54.6 Å². The van der Waals surface area contributed by atoms with Crippen molar-refractivity contribution < 1.29 is 34.7 Å². The second-order valence-corrected chi connectivity index (χ2v) is 9.35. The predicted octanol–water partition coefficient (Wildman–Crippen LogP) is 1.84. The van der Waals surface area contributed by atoms with Gasteiger partial charge in [0.15, 0.2) is 6.29 Å². The lowest BCUT2D eigenvalue weighted by atomic mass is 9.90. The fraction of sp³-hybridized carbons (Fsp3) is 0.393. The molecule has 0 unspecified atom stereocenters. The van der Waals surface area contributed by atoms with Gasteiger partial charge in [-0.15, -0.1) is 0 Å². The minimum atomic E-state index is -1.49. The Bertz CT molecular complexity index is 1320. The lowest BCUT2D eigenvalue weighted by Gasteiger charge is -2.39. The number of benzene rings is 4. The van der Waals surface area contributed by atoms with E-state index in [2.05, 4.69) is 59.9 Å². The Labute approximate surface area is 208 Å². The molecule has 1 saturated heterocycles. The number of aliphatic hydroxyl groups excluding tert-OH is 4. The number of carbonyl (C=O) groups excluding carboxylic acids is 1. The van der Waals surface area contributed by atoms with Crippen LogP contribution in [0.3, 0.4) is 0 Å².